The van der Waals surface area contributed by atoms with Crippen molar-refractivity contribution in [3.63, 3.8) is 0 Å². The number of nitrogens with zero attached hydrogens (tertiary/aromatic N) is 2. The standard InChI is InChI=1S/C12H10N2O3S2/c1-19(16,17)9-2-3-10-11(5-9)14(7-13-10)12-4-8(15)6-18-12/h2-7,15H,1H3. The van der Waals surface area contributed by atoms with Gasteiger partial charge in [-0.3, -0.25) is 4.57 Å². The molecule has 2 heterocycles. The number of thiophene rings is 1. The van der Waals surface area contributed by atoms with E-state index >= 15 is 0 Å². The molecule has 3 rings (SSSR count). The Balaban J connectivity index is 2.27. The van der Waals surface area contributed by atoms with Crippen molar-refractivity contribution in [2.45, 2.75) is 4.90 Å². The Hall–Kier alpha value is -1.86. The van der Waals surface area contributed by atoms with Crippen LogP contribution in [0.5, 0.6) is 5.75 Å². The molecule has 0 saturated carbocycles. The first kappa shape index (κ1) is 12.2. The minimum Gasteiger partial charge on any atom is -0.507 e. The van der Waals surface area contributed by atoms with E-state index in [1.165, 1.54) is 17.6 Å². The van der Waals surface area contributed by atoms with Gasteiger partial charge in [0.25, 0.3) is 0 Å². The van der Waals surface area contributed by atoms with Gasteiger partial charge in [-0.15, -0.1) is 11.3 Å². The third-order valence-electron chi connectivity index (χ3n) is 2.76. The van der Waals surface area contributed by atoms with Gasteiger partial charge in [-0.25, -0.2) is 13.4 Å². The second kappa shape index (κ2) is 4.07. The molecule has 2 aromatic heterocycles. The molecule has 1 N–H and O–H groups in total. The predicted molar refractivity (Wildman–Crippen MR) is 73.7 cm³/mol. The highest BCUT2D eigenvalue weighted by molar-refractivity contribution is 7.90. The summed E-state index contributed by atoms with van der Waals surface area (Å²) in [5.41, 5.74) is 1.41. The van der Waals surface area contributed by atoms with Gasteiger partial charge in [0.15, 0.2) is 9.84 Å². The summed E-state index contributed by atoms with van der Waals surface area (Å²) in [4.78, 5) is 4.47. The van der Waals surface area contributed by atoms with E-state index < -0.39 is 9.84 Å². The molecule has 1 aromatic carbocycles. The van der Waals surface area contributed by atoms with Crippen LogP contribution < -0.4 is 0 Å². The molecule has 0 spiro atoms. The van der Waals surface area contributed by atoms with Crippen LogP contribution in [0.1, 0.15) is 0 Å². The molecule has 98 valence electrons. The van der Waals surface area contributed by atoms with E-state index in [1.54, 1.807) is 40.5 Å². The summed E-state index contributed by atoms with van der Waals surface area (Å²) >= 11 is 1.36. The second-order valence-electron chi connectivity index (χ2n) is 4.18. The number of benzene rings is 1. The Kier molecular flexibility index (Phi) is 2.61. The highest BCUT2D eigenvalue weighted by atomic mass is 32.2. The van der Waals surface area contributed by atoms with Crippen molar-refractivity contribution in [1.82, 2.24) is 9.55 Å². The van der Waals surface area contributed by atoms with Crippen LogP contribution in [0.15, 0.2) is 40.9 Å². The van der Waals surface area contributed by atoms with Crippen LogP contribution in [-0.2, 0) is 9.84 Å². The highest BCUT2D eigenvalue weighted by Gasteiger charge is 2.12. The zero-order valence-corrected chi connectivity index (χ0v) is 11.6. The Bertz CT molecular complexity index is 862. The monoisotopic (exact) mass is 294 g/mol. The summed E-state index contributed by atoms with van der Waals surface area (Å²) in [5, 5.41) is 11.8. The third-order valence-corrected chi connectivity index (χ3v) is 4.78. The molecule has 0 saturated heterocycles. The van der Waals surface area contributed by atoms with E-state index in [0.717, 1.165) is 5.00 Å². The number of hydrogen-bond donors (Lipinski definition) is 1. The summed E-state index contributed by atoms with van der Waals surface area (Å²) in [6, 6.07) is 6.42. The van der Waals surface area contributed by atoms with E-state index in [2.05, 4.69) is 4.98 Å². The van der Waals surface area contributed by atoms with Crippen LogP contribution in [-0.4, -0.2) is 29.3 Å². The van der Waals surface area contributed by atoms with E-state index in [0.29, 0.717) is 11.0 Å². The maximum atomic E-state index is 11.6. The molecule has 0 unspecified atom stereocenters. The number of fused-ring (bicyclic) bond motifs is 1. The van der Waals surface area contributed by atoms with Gasteiger partial charge in [0.05, 0.1) is 15.9 Å². The molecule has 0 amide bonds. The average molecular weight is 294 g/mol. The van der Waals surface area contributed by atoms with E-state index in [-0.39, 0.29) is 10.6 Å². The quantitative estimate of drug-likeness (QED) is 0.786. The minimum atomic E-state index is -3.25. The number of imidazole rings is 1. The molecule has 0 aliphatic carbocycles. The van der Waals surface area contributed by atoms with E-state index in [4.69, 9.17) is 0 Å². The van der Waals surface area contributed by atoms with Crippen molar-refractivity contribution in [2.75, 3.05) is 6.26 Å². The maximum Gasteiger partial charge on any atom is 0.175 e. The number of sulfone groups is 1. The fraction of sp³-hybridized carbons (Fsp3) is 0.0833. The summed E-state index contributed by atoms with van der Waals surface area (Å²) in [6.07, 6.45) is 2.79. The predicted octanol–water partition coefficient (Wildman–Crippen LogP) is 2.20. The Morgan fingerprint density at radius 3 is 2.74 bits per heavy atom. The van der Waals surface area contributed by atoms with Gasteiger partial charge < -0.3 is 5.11 Å². The number of hydrogen-bond acceptors (Lipinski definition) is 5. The smallest absolute Gasteiger partial charge is 0.175 e. The lowest BCUT2D eigenvalue weighted by Gasteiger charge is -2.02. The first-order valence-electron chi connectivity index (χ1n) is 5.40. The molecule has 0 aliphatic rings. The molecular formula is C12H10N2O3S2. The normalized spacial score (nSPS) is 12.1. The van der Waals surface area contributed by atoms with Crippen molar-refractivity contribution in [3.8, 4) is 10.8 Å². The lowest BCUT2D eigenvalue weighted by atomic mass is 10.3. The van der Waals surface area contributed by atoms with Crippen LogP contribution >= 0.6 is 11.3 Å². The van der Waals surface area contributed by atoms with Crippen molar-refractivity contribution >= 4 is 32.2 Å². The van der Waals surface area contributed by atoms with E-state index in [1.807, 2.05) is 0 Å². The SMILES string of the molecule is CS(=O)(=O)c1ccc2ncn(-c3cc(O)cs3)c2c1. The molecule has 0 atom stereocenters. The molecule has 0 radical (unpaired) electrons. The van der Waals surface area contributed by atoms with Crippen molar-refractivity contribution in [2.24, 2.45) is 0 Å². The van der Waals surface area contributed by atoms with Crippen molar-refractivity contribution in [1.29, 1.82) is 0 Å². The summed E-state index contributed by atoms with van der Waals surface area (Å²) < 4.78 is 24.9. The van der Waals surface area contributed by atoms with Gasteiger partial charge in [0, 0.05) is 17.7 Å². The number of rotatable bonds is 2. The highest BCUT2D eigenvalue weighted by Crippen LogP contribution is 2.28. The van der Waals surface area contributed by atoms with Gasteiger partial charge in [0.2, 0.25) is 0 Å². The second-order valence-corrected chi connectivity index (χ2v) is 7.09. The number of aromatic nitrogens is 2. The third kappa shape index (κ3) is 2.11. The lowest BCUT2D eigenvalue weighted by molar-refractivity contribution is 0.478. The summed E-state index contributed by atoms with van der Waals surface area (Å²) in [5.74, 6) is 0.182. The summed E-state index contributed by atoms with van der Waals surface area (Å²) in [6.45, 7) is 0. The molecule has 19 heavy (non-hydrogen) atoms. The van der Waals surface area contributed by atoms with Crippen LogP contribution in [0.25, 0.3) is 16.0 Å². The molecule has 7 heteroatoms. The first-order valence-corrected chi connectivity index (χ1v) is 8.17. The Morgan fingerprint density at radius 2 is 2.11 bits per heavy atom. The van der Waals surface area contributed by atoms with E-state index in [9.17, 15) is 13.5 Å². The molecule has 3 aromatic rings. The fourth-order valence-electron chi connectivity index (χ4n) is 1.84. The van der Waals surface area contributed by atoms with Gasteiger partial charge >= 0.3 is 0 Å². The first-order chi connectivity index (χ1) is 8.95. The van der Waals surface area contributed by atoms with Crippen molar-refractivity contribution < 1.29 is 13.5 Å². The Morgan fingerprint density at radius 1 is 1.32 bits per heavy atom. The fourth-order valence-corrected chi connectivity index (χ4v) is 3.23. The average Bonchev–Trinajstić information content (AvgIpc) is 2.92. The molecule has 0 aliphatic heterocycles. The molecule has 0 fully saturated rings. The topological polar surface area (TPSA) is 72.2 Å². The molecule has 0 bridgehead atoms. The van der Waals surface area contributed by atoms with Gasteiger partial charge in [-0.1, -0.05) is 0 Å². The van der Waals surface area contributed by atoms with Gasteiger partial charge in [-0.05, 0) is 18.2 Å². The van der Waals surface area contributed by atoms with Crippen LogP contribution in [0.2, 0.25) is 0 Å². The maximum absolute atomic E-state index is 11.6. The zero-order chi connectivity index (χ0) is 13.6. The largest absolute Gasteiger partial charge is 0.507 e. The lowest BCUT2D eigenvalue weighted by Crippen LogP contribution is -1.97. The zero-order valence-electron chi connectivity index (χ0n) is 9.94. The van der Waals surface area contributed by atoms with Gasteiger partial charge in [-0.2, -0.15) is 0 Å². The van der Waals surface area contributed by atoms with Crippen LogP contribution in [0.3, 0.4) is 0 Å². The number of aromatic hydroxyl groups is 1. The van der Waals surface area contributed by atoms with Crippen LogP contribution in [0.4, 0.5) is 0 Å². The summed E-state index contributed by atoms with van der Waals surface area (Å²) in [7, 11) is -3.25. The van der Waals surface area contributed by atoms with Crippen LogP contribution in [0, 0.1) is 0 Å². The van der Waals surface area contributed by atoms with Gasteiger partial charge in [0.1, 0.15) is 17.1 Å². The molecule has 5 nitrogen and oxygen atoms in total. The minimum absolute atomic E-state index is 0.182. The molecular weight excluding hydrogens is 284 g/mol. The van der Waals surface area contributed by atoms with Crippen molar-refractivity contribution in [3.05, 3.63) is 36.0 Å². The Labute approximate surface area is 113 Å².